The Morgan fingerprint density at radius 3 is 1.01 bits per heavy atom. The zero-order valence-corrected chi connectivity index (χ0v) is 90.4. The van der Waals surface area contributed by atoms with Crippen LogP contribution in [0.3, 0.4) is 0 Å². The fraction of sp³-hybridized carbons (Fsp3) is 0.467. The van der Waals surface area contributed by atoms with Gasteiger partial charge >= 0.3 is 120 Å². The van der Waals surface area contributed by atoms with Crippen molar-refractivity contribution in [1.29, 1.82) is 0.594 Å². The van der Waals surface area contributed by atoms with Gasteiger partial charge in [-0.3, -0.25) is 79.6 Å². The van der Waals surface area contributed by atoms with Gasteiger partial charge in [0.15, 0.2) is 0 Å². The number of carbonyl (C=O) groups excluding carboxylic acids is 8. The van der Waals surface area contributed by atoms with Crippen LogP contribution in [0, 0.1) is 0 Å². The molecule has 14 radical (unpaired) electrons. The number of rotatable bonds is 0. The summed E-state index contributed by atoms with van der Waals surface area (Å²) in [7, 11) is 0. The number of imide groups is 4. The van der Waals surface area contributed by atoms with Gasteiger partial charge in [0.25, 0.3) is 47.3 Å². The Balaban J connectivity index is -0.000000204. The molecular weight excluding hydrogens is 2310 g/mol. The van der Waals surface area contributed by atoms with Crippen molar-refractivity contribution in [3.05, 3.63) is 237 Å². The van der Waals surface area contributed by atoms with Crippen LogP contribution in [0.15, 0.2) is 147 Å². The number of nitrogens with one attached hydrogen (secondary N) is 8. The van der Waals surface area contributed by atoms with Crippen molar-refractivity contribution in [2.24, 2.45) is 0 Å². The minimum atomic E-state index is -0.451. The maximum atomic E-state index is 10.9. The van der Waals surface area contributed by atoms with E-state index >= 15 is 0 Å². The van der Waals surface area contributed by atoms with Crippen LogP contribution >= 0.6 is 55.8 Å². The Labute approximate surface area is 843 Å². The molecule has 12 aliphatic heterocycles. The number of carbonyl (C=O) groups is 8. The molecule has 708 valence electrons. The molecule has 2 aromatic carbocycles. The van der Waals surface area contributed by atoms with Gasteiger partial charge in [-0.1, -0.05) is 161 Å². The quantitative estimate of drug-likeness (QED) is 0.0357. The molecule has 4 saturated heterocycles. The molecule has 0 aliphatic carbocycles. The van der Waals surface area contributed by atoms with Gasteiger partial charge in [-0.15, -0.1) is 0 Å². The number of pyridine rings is 4. The molecule has 6 aromatic heterocycles. The molecule has 0 bridgehead atoms. The second-order valence-corrected chi connectivity index (χ2v) is 33.1. The van der Waals surface area contributed by atoms with Gasteiger partial charge in [0.2, 0.25) is 0 Å². The van der Waals surface area contributed by atoms with Crippen molar-refractivity contribution < 1.29 is 110 Å². The minimum Gasteiger partial charge on any atom is -0.309 e. The van der Waals surface area contributed by atoms with Gasteiger partial charge in [0.05, 0.1) is 44.8 Å². The standard InChI is InChI=1S/C8H5NO2.C8H9N.2C7H4N2O2.2C7H8N2.C6H3N3O2.C6H7N3.4C4H8O.8C2H6.CH3I2.CH4.BI2.4B.HI2/c10-7-5-3-1-2-4-6(5)8(11)9-7;1-2-4-8-6-9-5-7(8)3-1;10-6-4-1-2-8-3-5(4)7(11)9-6;10-6-4-2-1-3-8-5(4)7(11)9-6;1-2-8-4-7-5-9-3-6(1)7;1-2-6-4-8-5-7(6)9-3-1;10-5-3-1-7-2-8-4(3)6(11)9-5;1-5-2-8-4-9-6(5)3-7-1;4*1-2-4-5-3-1;8*1-2;1-3-2;;1-3-2;;;;;1-2/h1-4H,(H,9,10,11);1-4,9H,5-6H2;2*1-3H,(H,9,10,11);1-2,4,9H,3,5H2;1-3,8H,4-5H2;1-2H,(H,9,10,11);2,4,7H,1,3H2;4*1-4H2;8*1-2H3;1H3;1H4;;;;;;1H/q;;;;;;;;;;;;;;;;;;;;-1;;-1;;;;;-1/i;;;;;;;;;;;;;;;;;;;;;;;;;;;1D. The summed E-state index contributed by atoms with van der Waals surface area (Å²) in [5.74, 6) is -2.96. The monoisotopic (exact) mass is 2450 g/mol. The average Bonchev–Trinajstić information content (AvgIpc) is 1.69. The largest absolute Gasteiger partial charge is 0.309 e. The Bertz CT molecular complexity index is 3430. The first-order valence-electron chi connectivity index (χ1n) is 42.5. The zero-order valence-electron chi connectivity index (χ0n) is 78.5. The number of ether oxygens (including phenoxy) is 4. The van der Waals surface area contributed by atoms with E-state index in [-0.39, 0.29) is 123 Å². The molecule has 20 rings (SSSR count). The van der Waals surface area contributed by atoms with Crippen LogP contribution in [-0.4, -0.2) is 185 Å². The molecule has 39 heteroatoms. The third kappa shape index (κ3) is 58.1. The third-order valence-corrected chi connectivity index (χ3v) is 15.9. The van der Waals surface area contributed by atoms with Gasteiger partial charge in [-0.05, 0) is 122 Å². The molecule has 8 aromatic rings. The van der Waals surface area contributed by atoms with E-state index in [0.717, 1.165) is 111 Å². The second kappa shape index (κ2) is 96.7. The van der Waals surface area contributed by atoms with Gasteiger partial charge in [-0.25, -0.2) is 19.9 Å². The average molecular weight is 2450 g/mol. The van der Waals surface area contributed by atoms with Crippen LogP contribution in [0.5, 0.6) is 0 Å². The SMILES string of the molecule is C.C1CCOC1.C1CCOC1.C1CCOC1.C1CCOC1.CC.CC.CC.CC.CC.CC.CC.CC.C[I-]I.O=C1NC(=O)c2ccccc21.O=C1NC(=O)c2cnccc21.O=C1NC(=O)c2ncccc21.O=C1NC(=O)c2ncncc21.[2H][I-]I.[B].[B].[B].[B].[B][I-]I.c1cc2c(cn1)CNC2.c1ccc2c(c1)CNC2.c1cnc2c(c1)CNC2.c1ncc2c(n1)CNC2. The number of nitrogens with zero attached hydrogens (tertiary/aromatic N) is 8. The fourth-order valence-electron chi connectivity index (χ4n) is 10.5. The van der Waals surface area contributed by atoms with Crippen LogP contribution in [0.25, 0.3) is 0 Å². The van der Waals surface area contributed by atoms with Crippen LogP contribution in [0.4, 0.5) is 0 Å². The predicted octanol–water partition coefficient (Wildman–Crippen LogP) is 6.30. The predicted molar refractivity (Wildman–Crippen MR) is 539 cm³/mol. The summed E-state index contributed by atoms with van der Waals surface area (Å²) in [5, 5.41) is 21.6. The second-order valence-electron chi connectivity index (χ2n) is 23.2. The minimum absolute atomic E-state index is 0. The summed E-state index contributed by atoms with van der Waals surface area (Å²) in [6, 6.07) is 26.1. The van der Waals surface area contributed by atoms with E-state index in [1.807, 2.05) is 142 Å². The number of fused-ring (bicyclic) bond motifs is 8. The van der Waals surface area contributed by atoms with Crippen molar-refractivity contribution in [1.82, 2.24) is 82.4 Å². The van der Waals surface area contributed by atoms with E-state index in [1.165, 1.54) is 128 Å². The van der Waals surface area contributed by atoms with E-state index < -0.39 is 17.7 Å². The summed E-state index contributed by atoms with van der Waals surface area (Å²) in [4.78, 5) is 120. The van der Waals surface area contributed by atoms with Crippen LogP contribution in [0.1, 0.15) is 297 Å². The molecule has 28 nitrogen and oxygen atoms in total. The van der Waals surface area contributed by atoms with Gasteiger partial charge in [0.1, 0.15) is 24.0 Å². The van der Waals surface area contributed by atoms with Crippen molar-refractivity contribution >= 4 is 142 Å². The van der Waals surface area contributed by atoms with Crippen molar-refractivity contribution in [2.75, 3.05) is 57.8 Å². The number of aromatic nitrogens is 8. The number of benzene rings is 2. The Morgan fingerprint density at radius 2 is 0.612 bits per heavy atom. The Morgan fingerprint density at radius 1 is 0.333 bits per heavy atom. The van der Waals surface area contributed by atoms with Crippen LogP contribution in [0.2, 0.25) is 0 Å². The zero-order chi connectivity index (χ0) is 94.1. The van der Waals surface area contributed by atoms with Crippen LogP contribution in [-0.2, 0) is 71.3 Å². The van der Waals surface area contributed by atoms with Crippen molar-refractivity contribution in [3.8, 4) is 0 Å². The summed E-state index contributed by atoms with van der Waals surface area (Å²) in [6.45, 7) is 47.9. The molecular formula is C90H136B5I6N16O12-3. The summed E-state index contributed by atoms with van der Waals surface area (Å²) in [6.07, 6.45) is 26.2. The summed E-state index contributed by atoms with van der Waals surface area (Å²) >= 11 is 7.07. The van der Waals surface area contributed by atoms with E-state index in [1.54, 1.807) is 42.7 Å². The topological polar surface area (TPSA) is 373 Å². The third-order valence-electron chi connectivity index (χ3n) is 15.9. The first-order chi connectivity index (χ1) is 61.3. The Kier molecular flexibility index (Phi) is 102. The van der Waals surface area contributed by atoms with E-state index in [0.29, 0.717) is 45.0 Å². The molecule has 18 heterocycles. The molecule has 4 fully saturated rings. The van der Waals surface area contributed by atoms with E-state index in [4.69, 9.17) is 25.2 Å². The molecule has 0 atom stereocenters. The van der Waals surface area contributed by atoms with Crippen molar-refractivity contribution in [3.63, 3.8) is 0 Å². The molecule has 8 N–H and O–H groups in total. The first kappa shape index (κ1) is 136. The van der Waals surface area contributed by atoms with E-state index in [9.17, 15) is 38.4 Å². The first-order valence-corrected chi connectivity index (χ1v) is 64.3. The van der Waals surface area contributed by atoms with Crippen molar-refractivity contribution in [2.45, 2.75) is 222 Å². The Hall–Kier alpha value is -5.86. The van der Waals surface area contributed by atoms with Gasteiger partial charge < -0.3 is 40.2 Å². The molecule has 0 saturated carbocycles. The maximum Gasteiger partial charge on any atom is 0.115 e. The fourth-order valence-corrected chi connectivity index (χ4v) is 10.5. The summed E-state index contributed by atoms with van der Waals surface area (Å²) < 4.78 is 26.1. The molecule has 0 spiro atoms. The number of alkyl halides is 1. The maximum absolute atomic E-state index is 10.9. The molecule has 129 heavy (non-hydrogen) atoms. The molecule has 8 amide bonds. The normalized spacial score (nSPS) is 13.9. The number of hydrogen-bond acceptors (Lipinski definition) is 24. The smallest absolute Gasteiger partial charge is 0.115 e. The molecule has 12 aliphatic rings. The number of hydrogen-bond donors (Lipinski definition) is 8. The number of halogens is 6. The van der Waals surface area contributed by atoms with Crippen LogP contribution < -0.4 is 95.2 Å². The summed E-state index contributed by atoms with van der Waals surface area (Å²) in [5.41, 5.74) is 18.2. The van der Waals surface area contributed by atoms with Gasteiger partial charge in [0, 0.05) is 194 Å². The van der Waals surface area contributed by atoms with Gasteiger partial charge in [-0.2, -0.15) is 0 Å². The molecule has 0 unspecified atom stereocenters. The van der Waals surface area contributed by atoms with E-state index in [2.05, 4.69) is 180 Å². The number of amides is 8.